The van der Waals surface area contributed by atoms with E-state index in [9.17, 15) is 8.42 Å². The normalized spacial score (nSPS) is 19.0. The number of morpholine rings is 1. The molecule has 1 aliphatic heterocycles. The molecule has 3 aromatic heterocycles. The second kappa shape index (κ2) is 9.48. The first-order valence-electron chi connectivity index (χ1n) is 11.4. The largest absolute Gasteiger partial charge is 0.480 e. The second-order valence-corrected chi connectivity index (χ2v) is 10.7. The minimum Gasteiger partial charge on any atom is -0.480 e. The van der Waals surface area contributed by atoms with Gasteiger partial charge in [0, 0.05) is 30.2 Å². The van der Waals surface area contributed by atoms with Gasteiger partial charge in [-0.1, -0.05) is 0 Å². The third-order valence-corrected chi connectivity index (χ3v) is 6.37. The lowest BCUT2D eigenvalue weighted by atomic mass is 10.0. The Labute approximate surface area is 208 Å². The molecule has 1 aromatic carbocycles. The Kier molecular flexibility index (Phi) is 6.36. The van der Waals surface area contributed by atoms with Crippen LogP contribution in [-0.4, -0.2) is 77.4 Å². The maximum atomic E-state index is 11.8. The highest BCUT2D eigenvalue weighted by Crippen LogP contribution is 2.35. The molecule has 0 bridgehead atoms. The van der Waals surface area contributed by atoms with Crippen molar-refractivity contribution < 1.29 is 22.3 Å². The number of rotatable bonds is 7. The molecule has 0 aliphatic carbocycles. The fourth-order valence-corrected chi connectivity index (χ4v) is 5.02. The minimum absolute atomic E-state index is 0.138. The number of fused-ring (bicyclic) bond motifs is 1. The van der Waals surface area contributed by atoms with E-state index in [1.807, 2.05) is 26.0 Å². The van der Waals surface area contributed by atoms with Crippen LogP contribution in [0.25, 0.3) is 33.5 Å². The van der Waals surface area contributed by atoms with Gasteiger partial charge in [0.05, 0.1) is 49.4 Å². The molecule has 0 saturated carbocycles. The standard InChI is InChI=1S/C23H27N7O5S/c1-13-10-30(11-14(2)34-13)12-21-27-28-22(35-21)17-5-15(6-19-18(17)9-25-26-19)16-7-20(29-36(4,31)32)23(33-3)24-8-16/h5-9,13-14,29H,10-12H2,1-4H3,(H,25,26)/t13-,14-/m0/s1. The predicted molar refractivity (Wildman–Crippen MR) is 133 cm³/mol. The van der Waals surface area contributed by atoms with Gasteiger partial charge in [-0.3, -0.25) is 14.7 Å². The summed E-state index contributed by atoms with van der Waals surface area (Å²) in [5.74, 6) is 1.04. The maximum absolute atomic E-state index is 11.8. The lowest BCUT2D eigenvalue weighted by Gasteiger charge is -2.34. The highest BCUT2D eigenvalue weighted by Gasteiger charge is 2.24. The van der Waals surface area contributed by atoms with Crippen molar-refractivity contribution >= 4 is 26.6 Å². The molecule has 2 atom stereocenters. The molecule has 0 amide bonds. The number of aromatic nitrogens is 5. The number of nitrogens with zero attached hydrogens (tertiary/aromatic N) is 5. The Morgan fingerprint density at radius 1 is 1.14 bits per heavy atom. The third-order valence-electron chi connectivity index (χ3n) is 5.78. The minimum atomic E-state index is -3.53. The zero-order valence-corrected chi connectivity index (χ0v) is 21.2. The fraction of sp³-hybridized carbons (Fsp3) is 0.391. The number of benzene rings is 1. The van der Waals surface area contributed by atoms with Crippen molar-refractivity contribution in [3.8, 4) is 28.5 Å². The average Bonchev–Trinajstić information content (AvgIpc) is 3.46. The molecule has 0 spiro atoms. The predicted octanol–water partition coefficient (Wildman–Crippen LogP) is 2.66. The van der Waals surface area contributed by atoms with E-state index in [1.165, 1.54) is 7.11 Å². The van der Waals surface area contributed by atoms with Crippen molar-refractivity contribution in [1.29, 1.82) is 0 Å². The number of methoxy groups -OCH3 is 1. The summed E-state index contributed by atoms with van der Waals surface area (Å²) < 4.78 is 43.2. The summed E-state index contributed by atoms with van der Waals surface area (Å²) in [5.41, 5.74) is 3.11. The molecule has 4 heterocycles. The molecule has 1 saturated heterocycles. The van der Waals surface area contributed by atoms with Crippen LogP contribution in [-0.2, 0) is 21.3 Å². The summed E-state index contributed by atoms with van der Waals surface area (Å²) in [5, 5.41) is 16.5. The molecule has 0 unspecified atom stereocenters. The summed E-state index contributed by atoms with van der Waals surface area (Å²) in [6.07, 6.45) is 4.65. The Bertz CT molecular complexity index is 1490. The molecule has 2 N–H and O–H groups in total. The van der Waals surface area contributed by atoms with E-state index in [0.717, 1.165) is 35.8 Å². The average molecular weight is 514 g/mol. The molecule has 4 aromatic rings. The van der Waals surface area contributed by atoms with Crippen molar-refractivity contribution in [2.24, 2.45) is 0 Å². The molecular weight excluding hydrogens is 486 g/mol. The van der Waals surface area contributed by atoms with Gasteiger partial charge in [-0.15, -0.1) is 10.2 Å². The molecule has 1 fully saturated rings. The van der Waals surface area contributed by atoms with Gasteiger partial charge in [-0.05, 0) is 37.6 Å². The van der Waals surface area contributed by atoms with Crippen molar-refractivity contribution in [3.63, 3.8) is 0 Å². The first-order chi connectivity index (χ1) is 17.2. The van der Waals surface area contributed by atoms with E-state index < -0.39 is 10.0 Å². The van der Waals surface area contributed by atoms with Gasteiger partial charge in [-0.25, -0.2) is 13.4 Å². The van der Waals surface area contributed by atoms with Crippen LogP contribution < -0.4 is 9.46 Å². The molecular formula is C23H27N7O5S. The molecule has 36 heavy (non-hydrogen) atoms. The third kappa shape index (κ3) is 5.17. The Balaban J connectivity index is 1.50. The van der Waals surface area contributed by atoms with Crippen molar-refractivity contribution in [1.82, 2.24) is 30.3 Å². The number of ether oxygens (including phenoxy) is 2. The summed E-state index contributed by atoms with van der Waals surface area (Å²) in [4.78, 5) is 6.50. The number of hydrogen-bond acceptors (Lipinski definition) is 10. The van der Waals surface area contributed by atoms with Gasteiger partial charge in [-0.2, -0.15) is 5.10 Å². The first kappa shape index (κ1) is 24.2. The van der Waals surface area contributed by atoms with Crippen LogP contribution in [0, 0.1) is 0 Å². The van der Waals surface area contributed by atoms with Crippen LogP contribution in [0.15, 0.2) is 35.0 Å². The van der Waals surface area contributed by atoms with E-state index in [1.54, 1.807) is 18.5 Å². The van der Waals surface area contributed by atoms with Crippen LogP contribution in [0.3, 0.4) is 0 Å². The van der Waals surface area contributed by atoms with Crippen molar-refractivity contribution in [3.05, 3.63) is 36.5 Å². The van der Waals surface area contributed by atoms with Crippen LogP contribution in [0.5, 0.6) is 5.88 Å². The lowest BCUT2D eigenvalue weighted by molar-refractivity contribution is -0.0721. The number of pyridine rings is 1. The van der Waals surface area contributed by atoms with E-state index in [-0.39, 0.29) is 23.8 Å². The van der Waals surface area contributed by atoms with Gasteiger partial charge in [0.25, 0.3) is 0 Å². The van der Waals surface area contributed by atoms with Crippen LogP contribution in [0.4, 0.5) is 5.69 Å². The summed E-state index contributed by atoms with van der Waals surface area (Å²) in [6, 6.07) is 5.45. The van der Waals surface area contributed by atoms with Crippen LogP contribution >= 0.6 is 0 Å². The van der Waals surface area contributed by atoms with Crippen molar-refractivity contribution in [2.75, 3.05) is 31.2 Å². The number of aromatic amines is 1. The summed E-state index contributed by atoms with van der Waals surface area (Å²) >= 11 is 0. The lowest BCUT2D eigenvalue weighted by Crippen LogP contribution is -2.44. The van der Waals surface area contributed by atoms with E-state index >= 15 is 0 Å². The topological polar surface area (TPSA) is 148 Å². The molecule has 190 valence electrons. The monoisotopic (exact) mass is 513 g/mol. The highest BCUT2D eigenvalue weighted by atomic mass is 32.2. The summed E-state index contributed by atoms with van der Waals surface area (Å²) in [6.45, 7) is 6.21. The number of anilines is 1. The van der Waals surface area contributed by atoms with Gasteiger partial charge in [0.15, 0.2) is 0 Å². The maximum Gasteiger partial charge on any atom is 0.248 e. The number of hydrogen-bond donors (Lipinski definition) is 2. The molecule has 12 nitrogen and oxygen atoms in total. The Hall–Kier alpha value is -3.55. The van der Waals surface area contributed by atoms with Crippen LogP contribution in [0.2, 0.25) is 0 Å². The number of H-pyrrole nitrogens is 1. The van der Waals surface area contributed by atoms with Gasteiger partial charge in [0.1, 0.15) is 5.69 Å². The quantitative estimate of drug-likeness (QED) is 0.378. The van der Waals surface area contributed by atoms with Gasteiger partial charge < -0.3 is 13.9 Å². The molecule has 1 aliphatic rings. The van der Waals surface area contributed by atoms with Gasteiger partial charge >= 0.3 is 0 Å². The molecule has 5 rings (SSSR count). The smallest absolute Gasteiger partial charge is 0.248 e. The first-order valence-corrected chi connectivity index (χ1v) is 13.3. The fourth-order valence-electron chi connectivity index (χ4n) is 4.47. The SMILES string of the molecule is COc1ncc(-c2cc(-c3nnc(CN4C[C@H](C)O[C@@H](C)C4)o3)c3cn[nH]c3c2)cc1NS(C)(=O)=O. The number of nitrogens with one attached hydrogen (secondary N) is 2. The Morgan fingerprint density at radius 3 is 2.64 bits per heavy atom. The highest BCUT2D eigenvalue weighted by molar-refractivity contribution is 7.92. The van der Waals surface area contributed by atoms with E-state index in [0.29, 0.717) is 29.5 Å². The van der Waals surface area contributed by atoms with Crippen molar-refractivity contribution in [2.45, 2.75) is 32.6 Å². The zero-order valence-electron chi connectivity index (χ0n) is 20.3. The summed E-state index contributed by atoms with van der Waals surface area (Å²) in [7, 11) is -2.11. The second-order valence-electron chi connectivity index (χ2n) is 8.96. The van der Waals surface area contributed by atoms with Crippen LogP contribution in [0.1, 0.15) is 19.7 Å². The van der Waals surface area contributed by atoms with E-state index in [4.69, 9.17) is 13.9 Å². The number of sulfonamides is 1. The van der Waals surface area contributed by atoms with Gasteiger partial charge in [0.2, 0.25) is 27.7 Å². The zero-order chi connectivity index (χ0) is 25.4. The molecule has 13 heteroatoms. The molecule has 0 radical (unpaired) electrons. The Morgan fingerprint density at radius 2 is 1.92 bits per heavy atom. The van der Waals surface area contributed by atoms with E-state index in [2.05, 4.69) is 35.0 Å².